The molecule has 0 unspecified atom stereocenters. The number of hydrogen-bond acceptors (Lipinski definition) is 4. The van der Waals surface area contributed by atoms with Crippen LogP contribution in [0.2, 0.25) is 0 Å². The molecule has 0 heterocycles. The first kappa shape index (κ1) is 20.9. The molecule has 0 saturated heterocycles. The van der Waals surface area contributed by atoms with E-state index in [-0.39, 0.29) is 11.1 Å². The second-order valence-electron chi connectivity index (χ2n) is 7.70. The minimum atomic E-state index is -0.569. The van der Waals surface area contributed by atoms with E-state index in [0.717, 1.165) is 0 Å². The van der Waals surface area contributed by atoms with Crippen LogP contribution in [0.1, 0.15) is 41.5 Å². The summed E-state index contributed by atoms with van der Waals surface area (Å²) in [6, 6.07) is 0. The highest BCUT2D eigenvalue weighted by molar-refractivity contribution is 6.35. The Kier molecular flexibility index (Phi) is 8.04. The molecule has 2 amide bonds. The fourth-order valence-electron chi connectivity index (χ4n) is 1.51. The third-order valence-corrected chi connectivity index (χ3v) is 3.96. The molecular weight excluding hydrogens is 280 g/mol. The predicted molar refractivity (Wildman–Crippen MR) is 90.8 cm³/mol. The summed E-state index contributed by atoms with van der Waals surface area (Å²) in [6.45, 7) is 15.0. The number of hydrogen-bond donors (Lipinski definition) is 2. The van der Waals surface area contributed by atoms with Crippen LogP contribution in [0.15, 0.2) is 0 Å². The van der Waals surface area contributed by atoms with Crippen molar-refractivity contribution in [1.82, 2.24) is 20.4 Å². The third kappa shape index (κ3) is 8.34. The quantitative estimate of drug-likeness (QED) is 0.708. The Bertz CT molecular complexity index is 333. The van der Waals surface area contributed by atoms with Gasteiger partial charge in [0.1, 0.15) is 0 Å². The van der Waals surface area contributed by atoms with Crippen LogP contribution < -0.4 is 10.6 Å². The summed E-state index contributed by atoms with van der Waals surface area (Å²) >= 11 is 0. The van der Waals surface area contributed by atoms with Crippen molar-refractivity contribution < 1.29 is 9.59 Å². The Balaban J connectivity index is 3.97. The molecule has 0 aromatic rings. The second-order valence-corrected chi connectivity index (χ2v) is 7.70. The second kappa shape index (κ2) is 8.48. The largest absolute Gasteiger partial charge is 0.347 e. The molecular formula is C16H34N4O2. The van der Waals surface area contributed by atoms with Crippen molar-refractivity contribution in [3.05, 3.63) is 0 Å². The number of likely N-dealkylation sites (N-methyl/N-ethyl adjacent to an activating group) is 2. The smallest absolute Gasteiger partial charge is 0.309 e. The molecule has 0 saturated carbocycles. The Morgan fingerprint density at radius 1 is 0.727 bits per heavy atom. The summed E-state index contributed by atoms with van der Waals surface area (Å²) in [6.07, 6.45) is 0. The van der Waals surface area contributed by atoms with E-state index >= 15 is 0 Å². The molecule has 22 heavy (non-hydrogen) atoms. The molecule has 0 rings (SSSR count). The maximum Gasteiger partial charge on any atom is 0.309 e. The van der Waals surface area contributed by atoms with Crippen LogP contribution >= 0.6 is 0 Å². The highest BCUT2D eigenvalue weighted by Gasteiger charge is 2.19. The number of rotatable bonds is 6. The van der Waals surface area contributed by atoms with Crippen LogP contribution in [-0.4, -0.2) is 73.0 Å². The van der Waals surface area contributed by atoms with Crippen molar-refractivity contribution in [2.24, 2.45) is 0 Å². The maximum atomic E-state index is 11.7. The van der Waals surface area contributed by atoms with Gasteiger partial charge in [-0.2, -0.15) is 0 Å². The lowest BCUT2D eigenvalue weighted by Gasteiger charge is -2.32. The highest BCUT2D eigenvalue weighted by Crippen LogP contribution is 2.09. The van der Waals surface area contributed by atoms with Crippen molar-refractivity contribution in [3.8, 4) is 0 Å². The molecule has 0 spiro atoms. The standard InChI is InChI=1S/C16H34N4O2/c1-15(2,3)19(7)11-9-17-13(21)14(22)18-10-12-20(8)16(4,5)6/h9-12H2,1-8H3,(H,17,21)(H,18,22). The summed E-state index contributed by atoms with van der Waals surface area (Å²) in [4.78, 5) is 27.6. The number of amides is 2. The first-order valence-corrected chi connectivity index (χ1v) is 7.84. The van der Waals surface area contributed by atoms with E-state index in [4.69, 9.17) is 0 Å². The van der Waals surface area contributed by atoms with E-state index in [1.165, 1.54) is 0 Å². The minimum Gasteiger partial charge on any atom is -0.347 e. The Morgan fingerprint density at radius 3 is 1.23 bits per heavy atom. The van der Waals surface area contributed by atoms with Crippen molar-refractivity contribution in [2.75, 3.05) is 40.3 Å². The van der Waals surface area contributed by atoms with Crippen molar-refractivity contribution in [1.29, 1.82) is 0 Å². The van der Waals surface area contributed by atoms with E-state index in [2.05, 4.69) is 62.0 Å². The van der Waals surface area contributed by atoms with Crippen LogP contribution in [0.25, 0.3) is 0 Å². The van der Waals surface area contributed by atoms with E-state index in [9.17, 15) is 9.59 Å². The predicted octanol–water partition coefficient (Wildman–Crippen LogP) is 0.679. The molecule has 0 bridgehead atoms. The molecule has 0 atom stereocenters. The lowest BCUT2D eigenvalue weighted by molar-refractivity contribution is -0.139. The summed E-state index contributed by atoms with van der Waals surface area (Å²) < 4.78 is 0. The van der Waals surface area contributed by atoms with Gasteiger partial charge in [0.2, 0.25) is 0 Å². The Morgan fingerprint density at radius 2 is 1.00 bits per heavy atom. The van der Waals surface area contributed by atoms with Gasteiger partial charge in [-0.25, -0.2) is 0 Å². The van der Waals surface area contributed by atoms with Gasteiger partial charge in [0.05, 0.1) is 0 Å². The number of nitrogens with zero attached hydrogens (tertiary/aromatic N) is 2. The van der Waals surface area contributed by atoms with Crippen LogP contribution in [0.3, 0.4) is 0 Å². The van der Waals surface area contributed by atoms with Gasteiger partial charge in [-0.3, -0.25) is 19.4 Å². The topological polar surface area (TPSA) is 64.7 Å². The summed E-state index contributed by atoms with van der Waals surface area (Å²) in [5.41, 5.74) is 0.0923. The van der Waals surface area contributed by atoms with Gasteiger partial charge in [-0.15, -0.1) is 0 Å². The summed E-state index contributed by atoms with van der Waals surface area (Å²) in [5.74, 6) is -1.14. The Labute approximate surface area is 135 Å². The molecule has 0 aliphatic carbocycles. The molecule has 0 aromatic carbocycles. The van der Waals surface area contributed by atoms with Gasteiger partial charge in [0.25, 0.3) is 0 Å². The van der Waals surface area contributed by atoms with Gasteiger partial charge in [-0.1, -0.05) is 0 Å². The molecule has 0 aliphatic rings. The highest BCUT2D eigenvalue weighted by atomic mass is 16.2. The lowest BCUT2D eigenvalue weighted by atomic mass is 10.1. The zero-order chi connectivity index (χ0) is 17.6. The van der Waals surface area contributed by atoms with E-state index < -0.39 is 11.8 Å². The summed E-state index contributed by atoms with van der Waals surface area (Å²) in [5, 5.41) is 5.30. The zero-order valence-corrected chi connectivity index (χ0v) is 15.5. The SMILES string of the molecule is CN(CCNC(=O)C(=O)NCCN(C)C(C)(C)C)C(C)(C)C. The number of carbonyl (C=O) groups excluding carboxylic acids is 2. The van der Waals surface area contributed by atoms with Gasteiger partial charge in [-0.05, 0) is 55.6 Å². The molecule has 6 heteroatoms. The van der Waals surface area contributed by atoms with Gasteiger partial charge < -0.3 is 10.6 Å². The zero-order valence-electron chi connectivity index (χ0n) is 15.5. The number of nitrogens with one attached hydrogen (secondary N) is 2. The molecule has 0 radical (unpaired) electrons. The fraction of sp³-hybridized carbons (Fsp3) is 0.875. The lowest BCUT2D eigenvalue weighted by Crippen LogP contribution is -2.47. The van der Waals surface area contributed by atoms with Crippen LogP contribution in [-0.2, 0) is 9.59 Å². The van der Waals surface area contributed by atoms with Crippen LogP contribution in [0.4, 0.5) is 0 Å². The maximum absolute atomic E-state index is 11.7. The van der Waals surface area contributed by atoms with Crippen LogP contribution in [0, 0.1) is 0 Å². The Hall–Kier alpha value is -1.14. The first-order chi connectivity index (χ1) is 9.85. The van der Waals surface area contributed by atoms with E-state index in [1.54, 1.807) is 0 Å². The van der Waals surface area contributed by atoms with E-state index in [1.807, 2.05) is 14.1 Å². The fourth-order valence-corrected chi connectivity index (χ4v) is 1.51. The van der Waals surface area contributed by atoms with E-state index in [0.29, 0.717) is 26.2 Å². The molecule has 2 N–H and O–H groups in total. The number of carbonyl (C=O) groups is 2. The molecule has 0 aliphatic heterocycles. The molecule has 6 nitrogen and oxygen atoms in total. The summed E-state index contributed by atoms with van der Waals surface area (Å²) in [7, 11) is 3.99. The molecule has 0 aromatic heterocycles. The molecule has 130 valence electrons. The van der Waals surface area contributed by atoms with Crippen molar-refractivity contribution in [2.45, 2.75) is 52.6 Å². The average molecular weight is 314 g/mol. The monoisotopic (exact) mass is 314 g/mol. The van der Waals surface area contributed by atoms with Gasteiger partial charge >= 0.3 is 11.8 Å². The third-order valence-electron chi connectivity index (χ3n) is 3.96. The van der Waals surface area contributed by atoms with Crippen molar-refractivity contribution in [3.63, 3.8) is 0 Å². The normalized spacial score (nSPS) is 12.6. The van der Waals surface area contributed by atoms with Gasteiger partial charge in [0, 0.05) is 37.3 Å². The average Bonchev–Trinajstić information content (AvgIpc) is 2.35. The molecule has 0 fully saturated rings. The first-order valence-electron chi connectivity index (χ1n) is 7.84. The van der Waals surface area contributed by atoms with Crippen LogP contribution in [0.5, 0.6) is 0 Å². The van der Waals surface area contributed by atoms with Gasteiger partial charge in [0.15, 0.2) is 0 Å². The van der Waals surface area contributed by atoms with Crippen molar-refractivity contribution >= 4 is 11.8 Å². The minimum absolute atomic E-state index is 0.0462.